The zero-order valence-corrected chi connectivity index (χ0v) is 12.4. The number of benzene rings is 1. The van der Waals surface area contributed by atoms with Crippen LogP contribution in [0, 0.1) is 6.92 Å². The summed E-state index contributed by atoms with van der Waals surface area (Å²) in [6.45, 7) is 1.80. The van der Waals surface area contributed by atoms with Crippen molar-refractivity contribution in [3.8, 4) is 11.3 Å². The molecule has 0 radical (unpaired) electrons. The SMILES string of the molecule is Cc1cn2nc(-c3ccccc3C(F)(F)F)cc(Br)c2n1. The highest BCUT2D eigenvalue weighted by molar-refractivity contribution is 9.10. The molecule has 0 saturated carbocycles. The minimum Gasteiger partial charge on any atom is -0.231 e. The van der Waals surface area contributed by atoms with Gasteiger partial charge in [0, 0.05) is 5.56 Å². The van der Waals surface area contributed by atoms with Gasteiger partial charge in [-0.05, 0) is 35.0 Å². The van der Waals surface area contributed by atoms with E-state index in [0.717, 1.165) is 11.8 Å². The highest BCUT2D eigenvalue weighted by atomic mass is 79.9. The molecule has 1 aromatic carbocycles. The third kappa shape index (κ3) is 2.53. The highest BCUT2D eigenvalue weighted by Gasteiger charge is 2.33. The van der Waals surface area contributed by atoms with Crippen molar-refractivity contribution in [2.75, 3.05) is 0 Å². The fourth-order valence-electron chi connectivity index (χ4n) is 2.14. The van der Waals surface area contributed by atoms with E-state index in [9.17, 15) is 13.2 Å². The first kappa shape index (κ1) is 14.1. The van der Waals surface area contributed by atoms with E-state index >= 15 is 0 Å². The van der Waals surface area contributed by atoms with Gasteiger partial charge in [-0.2, -0.15) is 18.3 Å². The Morgan fingerprint density at radius 3 is 2.62 bits per heavy atom. The Balaban J connectivity index is 2.26. The molecule has 0 amide bonds. The zero-order valence-electron chi connectivity index (χ0n) is 10.8. The maximum absolute atomic E-state index is 13.1. The molecule has 108 valence electrons. The number of imidazole rings is 1. The largest absolute Gasteiger partial charge is 0.417 e. The number of aromatic nitrogens is 3. The van der Waals surface area contributed by atoms with Gasteiger partial charge in [0.15, 0.2) is 5.65 Å². The number of rotatable bonds is 1. The normalized spacial score (nSPS) is 12.0. The van der Waals surface area contributed by atoms with Crippen LogP contribution in [0.15, 0.2) is 41.0 Å². The fourth-order valence-corrected chi connectivity index (χ4v) is 2.63. The van der Waals surface area contributed by atoms with Crippen molar-refractivity contribution in [3.63, 3.8) is 0 Å². The first-order chi connectivity index (χ1) is 9.86. The number of aryl methyl sites for hydroxylation is 1. The topological polar surface area (TPSA) is 30.2 Å². The van der Waals surface area contributed by atoms with Crippen LogP contribution < -0.4 is 0 Å². The Morgan fingerprint density at radius 1 is 1.19 bits per heavy atom. The molecule has 3 rings (SSSR count). The maximum Gasteiger partial charge on any atom is 0.417 e. The Hall–Kier alpha value is -1.89. The minimum atomic E-state index is -4.43. The molecule has 0 aliphatic heterocycles. The predicted octanol–water partition coefficient (Wildman–Crippen LogP) is 4.49. The van der Waals surface area contributed by atoms with Gasteiger partial charge in [-0.3, -0.25) is 0 Å². The van der Waals surface area contributed by atoms with E-state index in [2.05, 4.69) is 26.0 Å². The van der Waals surface area contributed by atoms with Gasteiger partial charge >= 0.3 is 6.18 Å². The molecule has 0 aliphatic rings. The quantitative estimate of drug-likeness (QED) is 0.643. The lowest BCUT2D eigenvalue weighted by atomic mass is 10.0. The lowest BCUT2D eigenvalue weighted by molar-refractivity contribution is -0.137. The molecule has 2 aromatic heterocycles. The van der Waals surface area contributed by atoms with Gasteiger partial charge < -0.3 is 0 Å². The molecule has 0 N–H and O–H groups in total. The molecule has 0 atom stereocenters. The summed E-state index contributed by atoms with van der Waals surface area (Å²) in [6, 6.07) is 6.93. The number of alkyl halides is 3. The number of nitrogens with zero attached hydrogens (tertiary/aromatic N) is 3. The smallest absolute Gasteiger partial charge is 0.231 e. The fraction of sp³-hybridized carbons (Fsp3) is 0.143. The average Bonchev–Trinajstić information content (AvgIpc) is 2.79. The second-order valence-electron chi connectivity index (χ2n) is 4.57. The van der Waals surface area contributed by atoms with E-state index in [0.29, 0.717) is 10.1 Å². The summed E-state index contributed by atoms with van der Waals surface area (Å²) in [5, 5.41) is 4.23. The lowest BCUT2D eigenvalue weighted by Crippen LogP contribution is -2.08. The molecule has 0 fully saturated rings. The first-order valence-electron chi connectivity index (χ1n) is 6.05. The van der Waals surface area contributed by atoms with Crippen molar-refractivity contribution in [1.82, 2.24) is 14.6 Å². The molecule has 7 heteroatoms. The molecule has 0 bridgehead atoms. The molecule has 21 heavy (non-hydrogen) atoms. The minimum absolute atomic E-state index is 0.0407. The average molecular weight is 356 g/mol. The molecule has 3 nitrogen and oxygen atoms in total. The van der Waals surface area contributed by atoms with E-state index in [1.54, 1.807) is 25.3 Å². The zero-order chi connectivity index (χ0) is 15.2. The van der Waals surface area contributed by atoms with Gasteiger partial charge in [0.05, 0.1) is 27.6 Å². The van der Waals surface area contributed by atoms with E-state index in [4.69, 9.17) is 0 Å². The molecule has 2 heterocycles. The second-order valence-corrected chi connectivity index (χ2v) is 5.43. The van der Waals surface area contributed by atoms with Crippen LogP contribution >= 0.6 is 15.9 Å². The molecule has 3 aromatic rings. The Labute approximate surface area is 126 Å². The summed E-state index contributed by atoms with van der Waals surface area (Å²) >= 11 is 3.33. The Bertz CT molecular complexity index is 824. The molecule has 0 saturated heterocycles. The van der Waals surface area contributed by atoms with Crippen molar-refractivity contribution in [2.24, 2.45) is 0 Å². The molecule has 0 unspecified atom stereocenters. The van der Waals surface area contributed by atoms with E-state index in [1.165, 1.54) is 16.6 Å². The summed E-state index contributed by atoms with van der Waals surface area (Å²) < 4.78 is 41.4. The van der Waals surface area contributed by atoms with E-state index in [1.807, 2.05) is 0 Å². The van der Waals surface area contributed by atoms with Crippen molar-refractivity contribution in [2.45, 2.75) is 13.1 Å². The summed E-state index contributed by atoms with van der Waals surface area (Å²) in [5.74, 6) is 0. The van der Waals surface area contributed by atoms with Crippen LogP contribution in [0.2, 0.25) is 0 Å². The van der Waals surface area contributed by atoms with Crippen LogP contribution in [0.5, 0.6) is 0 Å². The van der Waals surface area contributed by atoms with Gasteiger partial charge in [0.1, 0.15) is 0 Å². The monoisotopic (exact) mass is 355 g/mol. The second kappa shape index (κ2) is 4.84. The van der Waals surface area contributed by atoms with Crippen LogP contribution in [-0.4, -0.2) is 14.6 Å². The van der Waals surface area contributed by atoms with Crippen molar-refractivity contribution >= 4 is 21.6 Å². The maximum atomic E-state index is 13.1. The van der Waals surface area contributed by atoms with Gasteiger partial charge in [0.25, 0.3) is 0 Å². The molecule has 0 spiro atoms. The number of hydrogen-bond donors (Lipinski definition) is 0. The van der Waals surface area contributed by atoms with Gasteiger partial charge in [0.2, 0.25) is 0 Å². The van der Waals surface area contributed by atoms with E-state index < -0.39 is 11.7 Å². The van der Waals surface area contributed by atoms with Crippen molar-refractivity contribution in [3.05, 3.63) is 52.3 Å². The van der Waals surface area contributed by atoms with Crippen LogP contribution in [0.1, 0.15) is 11.3 Å². The van der Waals surface area contributed by atoms with Crippen molar-refractivity contribution < 1.29 is 13.2 Å². The Morgan fingerprint density at radius 2 is 1.90 bits per heavy atom. The van der Waals surface area contributed by atoms with E-state index in [-0.39, 0.29) is 11.3 Å². The molecular weight excluding hydrogens is 347 g/mol. The van der Waals surface area contributed by atoms with Gasteiger partial charge in [-0.25, -0.2) is 9.50 Å². The third-order valence-electron chi connectivity index (χ3n) is 3.01. The van der Waals surface area contributed by atoms with Crippen LogP contribution in [0.25, 0.3) is 16.9 Å². The molecule has 0 aliphatic carbocycles. The Kier molecular flexibility index (Phi) is 3.24. The highest BCUT2D eigenvalue weighted by Crippen LogP contribution is 2.37. The summed E-state index contributed by atoms with van der Waals surface area (Å²) in [7, 11) is 0. The molecular formula is C14H9BrF3N3. The van der Waals surface area contributed by atoms with Crippen LogP contribution in [0.4, 0.5) is 13.2 Å². The lowest BCUT2D eigenvalue weighted by Gasteiger charge is -2.12. The summed E-state index contributed by atoms with van der Waals surface area (Å²) in [5.41, 5.74) is 0.879. The third-order valence-corrected chi connectivity index (χ3v) is 3.59. The predicted molar refractivity (Wildman–Crippen MR) is 75.9 cm³/mol. The number of fused-ring (bicyclic) bond motifs is 1. The van der Waals surface area contributed by atoms with Crippen molar-refractivity contribution in [1.29, 1.82) is 0 Å². The first-order valence-corrected chi connectivity index (χ1v) is 6.84. The van der Waals surface area contributed by atoms with Crippen LogP contribution in [0.3, 0.4) is 0 Å². The standard InChI is InChI=1S/C14H9BrF3N3/c1-8-7-21-13(19-8)11(15)6-12(20-21)9-4-2-3-5-10(9)14(16,17)18/h2-7H,1H3. The summed E-state index contributed by atoms with van der Waals surface area (Å²) in [6.07, 6.45) is -2.76. The number of hydrogen-bond acceptors (Lipinski definition) is 2. The number of halogens is 4. The van der Waals surface area contributed by atoms with Gasteiger partial charge in [-0.1, -0.05) is 18.2 Å². The summed E-state index contributed by atoms with van der Waals surface area (Å²) in [4.78, 5) is 4.25. The van der Waals surface area contributed by atoms with Gasteiger partial charge in [-0.15, -0.1) is 0 Å². The van der Waals surface area contributed by atoms with Crippen LogP contribution in [-0.2, 0) is 6.18 Å².